The second-order valence-corrected chi connectivity index (χ2v) is 6.07. The number of benzene rings is 1. The molecule has 20 heavy (non-hydrogen) atoms. The number of rotatable bonds is 1. The molecule has 2 aromatic rings. The van der Waals surface area contributed by atoms with E-state index in [0.717, 1.165) is 12.4 Å². The monoisotopic (exact) mass is 265 g/mol. The van der Waals surface area contributed by atoms with Gasteiger partial charge in [-0.1, -0.05) is 32.0 Å². The minimum absolute atomic E-state index is 0.440. The van der Waals surface area contributed by atoms with Gasteiger partial charge in [-0.25, -0.2) is 4.98 Å². The second kappa shape index (κ2) is 4.23. The Bertz CT molecular complexity index is 663. The molecule has 0 fully saturated rings. The van der Waals surface area contributed by atoms with Crippen molar-refractivity contribution in [3.8, 4) is 11.1 Å². The van der Waals surface area contributed by atoms with E-state index in [1.165, 1.54) is 22.4 Å². The Morgan fingerprint density at radius 2 is 2.00 bits per heavy atom. The van der Waals surface area contributed by atoms with E-state index in [4.69, 9.17) is 0 Å². The van der Waals surface area contributed by atoms with Crippen LogP contribution in [0.2, 0.25) is 0 Å². The van der Waals surface area contributed by atoms with E-state index in [1.54, 1.807) is 0 Å². The highest BCUT2D eigenvalue weighted by molar-refractivity contribution is 5.85. The maximum atomic E-state index is 4.52. The topological polar surface area (TPSA) is 37.0 Å². The lowest BCUT2D eigenvalue weighted by Crippen LogP contribution is -2.33. The fourth-order valence-electron chi connectivity index (χ4n) is 3.59. The molecule has 1 aromatic heterocycles. The van der Waals surface area contributed by atoms with E-state index in [2.05, 4.69) is 59.8 Å². The zero-order chi connectivity index (χ0) is 13.7. The molecule has 4 rings (SSSR count). The molecule has 0 amide bonds. The van der Waals surface area contributed by atoms with Gasteiger partial charge in [-0.15, -0.1) is 0 Å². The van der Waals surface area contributed by atoms with E-state index in [0.29, 0.717) is 17.9 Å². The third kappa shape index (κ3) is 1.56. The molecule has 0 aliphatic carbocycles. The normalized spacial score (nSPS) is 22.6. The summed E-state index contributed by atoms with van der Waals surface area (Å²) in [4.78, 5) is 4.52. The average molecular weight is 265 g/mol. The van der Waals surface area contributed by atoms with Gasteiger partial charge in [0.2, 0.25) is 0 Å². The quantitative estimate of drug-likeness (QED) is 0.825. The van der Waals surface area contributed by atoms with Crippen LogP contribution in [0.1, 0.15) is 25.3 Å². The van der Waals surface area contributed by atoms with Gasteiger partial charge in [-0.3, -0.25) is 0 Å². The number of nitrogens with one attached hydrogen (secondary N) is 2. The van der Waals surface area contributed by atoms with Crippen LogP contribution < -0.4 is 10.6 Å². The fourth-order valence-corrected chi connectivity index (χ4v) is 3.59. The maximum Gasteiger partial charge on any atom is 0.130 e. The summed E-state index contributed by atoms with van der Waals surface area (Å²) >= 11 is 0. The first-order valence-corrected chi connectivity index (χ1v) is 7.34. The predicted octanol–water partition coefficient (Wildman–Crippen LogP) is 3.71. The first-order valence-electron chi connectivity index (χ1n) is 7.34. The van der Waals surface area contributed by atoms with Crippen molar-refractivity contribution in [2.45, 2.75) is 25.8 Å². The molecule has 0 radical (unpaired) electrons. The Morgan fingerprint density at radius 3 is 2.85 bits per heavy atom. The van der Waals surface area contributed by atoms with Crippen LogP contribution in [0.5, 0.6) is 0 Å². The summed E-state index contributed by atoms with van der Waals surface area (Å²) in [7, 11) is 0. The van der Waals surface area contributed by atoms with Gasteiger partial charge in [-0.05, 0) is 23.6 Å². The molecule has 2 N–H and O–H groups in total. The number of hydrogen-bond acceptors (Lipinski definition) is 3. The highest BCUT2D eigenvalue weighted by atomic mass is 15.1. The molecule has 3 heterocycles. The minimum Gasteiger partial charge on any atom is -0.381 e. The summed E-state index contributed by atoms with van der Waals surface area (Å²) in [5.41, 5.74) is 5.26. The van der Waals surface area contributed by atoms with Gasteiger partial charge in [0, 0.05) is 41.5 Å². The van der Waals surface area contributed by atoms with E-state index in [-0.39, 0.29) is 0 Å². The third-order valence-corrected chi connectivity index (χ3v) is 4.54. The first kappa shape index (κ1) is 11.8. The van der Waals surface area contributed by atoms with Gasteiger partial charge < -0.3 is 10.6 Å². The Kier molecular flexibility index (Phi) is 2.49. The second-order valence-electron chi connectivity index (χ2n) is 6.07. The molecule has 1 aromatic carbocycles. The smallest absolute Gasteiger partial charge is 0.130 e. The largest absolute Gasteiger partial charge is 0.381 e. The average Bonchev–Trinajstić information content (AvgIpc) is 2.82. The molecular weight excluding hydrogens is 246 g/mol. The molecule has 3 nitrogen and oxygen atoms in total. The lowest BCUT2D eigenvalue weighted by atomic mass is 9.85. The van der Waals surface area contributed by atoms with E-state index in [1.807, 2.05) is 6.20 Å². The first-order chi connectivity index (χ1) is 9.75. The van der Waals surface area contributed by atoms with Gasteiger partial charge in [0.15, 0.2) is 0 Å². The Morgan fingerprint density at radius 1 is 1.15 bits per heavy atom. The molecular formula is C17H19N3. The Balaban J connectivity index is 2.00. The summed E-state index contributed by atoms with van der Waals surface area (Å²) in [6, 6.07) is 11.2. The number of nitrogens with zero attached hydrogens (tertiary/aromatic N) is 1. The van der Waals surface area contributed by atoms with Gasteiger partial charge in [-0.2, -0.15) is 0 Å². The standard InChI is InChI=1S/C17H19N3/c1-10(2)16-13-9-19-17-15(13)12(7-8-18-17)11-5-3-4-6-14(11)20-16/h3-8,10,13,16,20H,9H2,1-2H3,(H,18,19). The highest BCUT2D eigenvalue weighted by Crippen LogP contribution is 2.46. The van der Waals surface area contributed by atoms with Crippen molar-refractivity contribution in [3.63, 3.8) is 0 Å². The number of hydrogen-bond donors (Lipinski definition) is 2. The van der Waals surface area contributed by atoms with Crippen molar-refractivity contribution in [3.05, 3.63) is 42.1 Å². The van der Waals surface area contributed by atoms with Crippen molar-refractivity contribution < 1.29 is 0 Å². The van der Waals surface area contributed by atoms with Crippen LogP contribution in [0.4, 0.5) is 11.5 Å². The molecule has 3 heteroatoms. The minimum atomic E-state index is 0.440. The molecule has 2 aliphatic rings. The van der Waals surface area contributed by atoms with Crippen LogP contribution in [0.3, 0.4) is 0 Å². The molecule has 2 aliphatic heterocycles. The van der Waals surface area contributed by atoms with Gasteiger partial charge in [0.1, 0.15) is 5.82 Å². The predicted molar refractivity (Wildman–Crippen MR) is 83.2 cm³/mol. The van der Waals surface area contributed by atoms with Gasteiger partial charge >= 0.3 is 0 Å². The Hall–Kier alpha value is -2.03. The van der Waals surface area contributed by atoms with Crippen molar-refractivity contribution in [1.29, 1.82) is 0 Å². The van der Waals surface area contributed by atoms with E-state index >= 15 is 0 Å². The number of aromatic nitrogens is 1. The third-order valence-electron chi connectivity index (χ3n) is 4.54. The lowest BCUT2D eigenvalue weighted by Gasteiger charge is -2.27. The zero-order valence-electron chi connectivity index (χ0n) is 11.9. The Labute approximate surface area is 119 Å². The zero-order valence-corrected chi connectivity index (χ0v) is 11.9. The van der Waals surface area contributed by atoms with Crippen LogP contribution >= 0.6 is 0 Å². The molecule has 0 bridgehead atoms. The van der Waals surface area contributed by atoms with Gasteiger partial charge in [0.25, 0.3) is 0 Å². The lowest BCUT2D eigenvalue weighted by molar-refractivity contribution is 0.465. The summed E-state index contributed by atoms with van der Waals surface area (Å²) in [6.45, 7) is 5.56. The van der Waals surface area contributed by atoms with Crippen molar-refractivity contribution in [2.75, 3.05) is 17.2 Å². The fraction of sp³-hybridized carbons (Fsp3) is 0.353. The number of para-hydroxylation sites is 1. The molecule has 0 saturated carbocycles. The van der Waals surface area contributed by atoms with Crippen LogP contribution in [-0.4, -0.2) is 17.6 Å². The van der Waals surface area contributed by atoms with Crippen LogP contribution in [0, 0.1) is 5.92 Å². The summed E-state index contributed by atoms with van der Waals surface area (Å²) in [5.74, 6) is 2.13. The summed E-state index contributed by atoms with van der Waals surface area (Å²) in [6.07, 6.45) is 1.91. The molecule has 2 unspecified atom stereocenters. The maximum absolute atomic E-state index is 4.52. The SMILES string of the molecule is CC(C)C1Nc2ccccc2-c2ccnc3c2C1CN3. The van der Waals surface area contributed by atoms with E-state index < -0.39 is 0 Å². The molecule has 2 atom stereocenters. The van der Waals surface area contributed by atoms with Crippen LogP contribution in [0.25, 0.3) is 11.1 Å². The summed E-state index contributed by atoms with van der Waals surface area (Å²) in [5, 5.41) is 7.25. The van der Waals surface area contributed by atoms with Gasteiger partial charge in [0.05, 0.1) is 0 Å². The van der Waals surface area contributed by atoms with Crippen molar-refractivity contribution >= 4 is 11.5 Å². The summed E-state index contributed by atoms with van der Waals surface area (Å²) < 4.78 is 0. The molecule has 102 valence electrons. The number of anilines is 2. The number of fused-ring (bicyclic) bond motifs is 2. The van der Waals surface area contributed by atoms with E-state index in [9.17, 15) is 0 Å². The molecule has 0 spiro atoms. The highest BCUT2D eigenvalue weighted by Gasteiger charge is 2.37. The molecule has 0 saturated heterocycles. The number of pyridine rings is 1. The van der Waals surface area contributed by atoms with Crippen LogP contribution in [-0.2, 0) is 0 Å². The van der Waals surface area contributed by atoms with Crippen LogP contribution in [0.15, 0.2) is 36.5 Å². The van der Waals surface area contributed by atoms with Crippen molar-refractivity contribution in [2.24, 2.45) is 5.92 Å². The van der Waals surface area contributed by atoms with Crippen molar-refractivity contribution in [1.82, 2.24) is 4.98 Å².